The van der Waals surface area contributed by atoms with Crippen molar-refractivity contribution in [2.24, 2.45) is 5.73 Å². The van der Waals surface area contributed by atoms with Crippen molar-refractivity contribution < 1.29 is 9.53 Å². The Balaban J connectivity index is 2.74. The Morgan fingerprint density at radius 2 is 2.06 bits per heavy atom. The Morgan fingerprint density at radius 3 is 2.65 bits per heavy atom. The maximum absolute atomic E-state index is 11.5. The second kappa shape index (κ2) is 6.25. The van der Waals surface area contributed by atoms with E-state index in [0.717, 1.165) is 18.4 Å². The van der Waals surface area contributed by atoms with Gasteiger partial charge in [0.25, 0.3) is 0 Å². The van der Waals surface area contributed by atoms with Crippen LogP contribution in [0.2, 0.25) is 0 Å². The van der Waals surface area contributed by atoms with Crippen LogP contribution < -0.4 is 10.5 Å². The molecule has 0 fully saturated rings. The first-order chi connectivity index (χ1) is 8.00. The Bertz CT molecular complexity index is 375. The van der Waals surface area contributed by atoms with Crippen LogP contribution in [0.1, 0.15) is 18.9 Å². The zero-order chi connectivity index (χ0) is 12.8. The molecule has 0 radical (unpaired) electrons. The summed E-state index contributed by atoms with van der Waals surface area (Å²) in [6, 6.07) is 7.70. The summed E-state index contributed by atoms with van der Waals surface area (Å²) in [6.45, 7) is 1.97. The molecule has 0 heterocycles. The first-order valence-corrected chi connectivity index (χ1v) is 5.73. The number of rotatable bonds is 4. The monoisotopic (exact) mass is 236 g/mol. The van der Waals surface area contributed by atoms with Crippen LogP contribution in [0.3, 0.4) is 0 Å². The summed E-state index contributed by atoms with van der Waals surface area (Å²) in [4.78, 5) is 12.9. The summed E-state index contributed by atoms with van der Waals surface area (Å²) < 4.78 is 5.29. The fourth-order valence-electron chi connectivity index (χ4n) is 1.38. The standard InChI is InChI=1S/C13H20N2O2/c1-10(14)8-9-11-6-4-5-7-12(11)17-13(16)15(2)3/h4-7,10H,8-9,14H2,1-3H3. The van der Waals surface area contributed by atoms with Gasteiger partial charge in [-0.05, 0) is 31.4 Å². The zero-order valence-corrected chi connectivity index (χ0v) is 10.6. The van der Waals surface area contributed by atoms with E-state index in [0.29, 0.717) is 5.75 Å². The van der Waals surface area contributed by atoms with E-state index in [4.69, 9.17) is 10.5 Å². The van der Waals surface area contributed by atoms with Crippen LogP contribution in [0.15, 0.2) is 24.3 Å². The minimum absolute atomic E-state index is 0.146. The van der Waals surface area contributed by atoms with Gasteiger partial charge in [0.2, 0.25) is 0 Å². The van der Waals surface area contributed by atoms with Gasteiger partial charge in [-0.25, -0.2) is 4.79 Å². The molecule has 1 aromatic rings. The molecule has 0 saturated heterocycles. The van der Waals surface area contributed by atoms with Crippen molar-refractivity contribution in [3.63, 3.8) is 0 Å². The molecule has 4 heteroatoms. The van der Waals surface area contributed by atoms with E-state index in [-0.39, 0.29) is 12.1 Å². The van der Waals surface area contributed by atoms with Crippen molar-refractivity contribution in [1.29, 1.82) is 0 Å². The van der Waals surface area contributed by atoms with Crippen LogP contribution in [0.25, 0.3) is 0 Å². The van der Waals surface area contributed by atoms with Gasteiger partial charge >= 0.3 is 6.09 Å². The highest BCUT2D eigenvalue weighted by atomic mass is 16.6. The third-order valence-electron chi connectivity index (χ3n) is 2.40. The van der Waals surface area contributed by atoms with Crippen LogP contribution in [0, 0.1) is 0 Å². The molecule has 0 spiro atoms. The quantitative estimate of drug-likeness (QED) is 0.870. The van der Waals surface area contributed by atoms with E-state index >= 15 is 0 Å². The first kappa shape index (κ1) is 13.5. The van der Waals surface area contributed by atoms with E-state index in [9.17, 15) is 4.79 Å². The number of ether oxygens (including phenoxy) is 1. The maximum Gasteiger partial charge on any atom is 0.414 e. The Kier molecular flexibility index (Phi) is 4.97. The number of nitrogens with two attached hydrogens (primary N) is 1. The van der Waals surface area contributed by atoms with Gasteiger partial charge < -0.3 is 15.4 Å². The van der Waals surface area contributed by atoms with Gasteiger partial charge in [-0.1, -0.05) is 18.2 Å². The van der Waals surface area contributed by atoms with Crippen molar-refractivity contribution in [3.8, 4) is 5.75 Å². The lowest BCUT2D eigenvalue weighted by atomic mass is 10.1. The number of para-hydroxylation sites is 1. The lowest BCUT2D eigenvalue weighted by Gasteiger charge is -2.14. The Morgan fingerprint density at radius 1 is 1.41 bits per heavy atom. The third kappa shape index (κ3) is 4.44. The van der Waals surface area contributed by atoms with Crippen LogP contribution in [-0.2, 0) is 6.42 Å². The van der Waals surface area contributed by atoms with E-state index in [2.05, 4.69) is 0 Å². The molecular weight excluding hydrogens is 216 g/mol. The Labute approximate surface area is 102 Å². The molecule has 2 N–H and O–H groups in total. The molecule has 0 bridgehead atoms. The molecular formula is C13H20N2O2. The van der Waals surface area contributed by atoms with Crippen molar-refractivity contribution in [2.45, 2.75) is 25.8 Å². The molecule has 1 unspecified atom stereocenters. The predicted octanol–water partition coefficient (Wildman–Crippen LogP) is 2.03. The number of benzene rings is 1. The molecule has 1 rings (SSSR count). The van der Waals surface area contributed by atoms with Crippen molar-refractivity contribution in [3.05, 3.63) is 29.8 Å². The summed E-state index contributed by atoms with van der Waals surface area (Å²) in [5.74, 6) is 0.617. The Hall–Kier alpha value is -1.55. The molecule has 0 aliphatic rings. The highest BCUT2D eigenvalue weighted by molar-refractivity contribution is 5.70. The number of carbonyl (C=O) groups excluding carboxylic acids is 1. The lowest BCUT2D eigenvalue weighted by molar-refractivity contribution is 0.171. The number of hydrogen-bond donors (Lipinski definition) is 1. The first-order valence-electron chi connectivity index (χ1n) is 5.73. The van der Waals surface area contributed by atoms with Gasteiger partial charge in [-0.2, -0.15) is 0 Å². The predicted molar refractivity (Wildman–Crippen MR) is 68.1 cm³/mol. The topological polar surface area (TPSA) is 55.6 Å². The largest absolute Gasteiger partial charge is 0.414 e. The summed E-state index contributed by atoms with van der Waals surface area (Å²) in [5, 5.41) is 0. The highest BCUT2D eigenvalue weighted by Gasteiger charge is 2.10. The number of carbonyl (C=O) groups is 1. The summed E-state index contributed by atoms with van der Waals surface area (Å²) in [5.41, 5.74) is 6.74. The number of aryl methyl sites for hydroxylation is 1. The fraction of sp³-hybridized carbons (Fsp3) is 0.462. The van der Waals surface area contributed by atoms with Gasteiger partial charge in [0.1, 0.15) is 5.75 Å². The average Bonchev–Trinajstić information content (AvgIpc) is 2.27. The minimum atomic E-state index is -0.363. The van der Waals surface area contributed by atoms with Gasteiger partial charge in [-0.15, -0.1) is 0 Å². The molecule has 94 valence electrons. The summed E-state index contributed by atoms with van der Waals surface area (Å²) >= 11 is 0. The van der Waals surface area contributed by atoms with Crippen LogP contribution in [0.4, 0.5) is 4.79 Å². The number of amides is 1. The van der Waals surface area contributed by atoms with Gasteiger partial charge in [0.05, 0.1) is 0 Å². The van der Waals surface area contributed by atoms with Crippen molar-refractivity contribution in [2.75, 3.05) is 14.1 Å². The smallest absolute Gasteiger partial charge is 0.410 e. The number of nitrogens with zero attached hydrogens (tertiary/aromatic N) is 1. The minimum Gasteiger partial charge on any atom is -0.410 e. The summed E-state index contributed by atoms with van der Waals surface area (Å²) in [6.07, 6.45) is 1.32. The second-order valence-electron chi connectivity index (χ2n) is 4.39. The lowest BCUT2D eigenvalue weighted by Crippen LogP contribution is -2.25. The van der Waals surface area contributed by atoms with Crippen molar-refractivity contribution >= 4 is 6.09 Å². The van der Waals surface area contributed by atoms with Gasteiger partial charge in [-0.3, -0.25) is 0 Å². The van der Waals surface area contributed by atoms with E-state index in [1.807, 2.05) is 25.1 Å². The molecule has 17 heavy (non-hydrogen) atoms. The van der Waals surface area contributed by atoms with E-state index < -0.39 is 0 Å². The molecule has 1 amide bonds. The van der Waals surface area contributed by atoms with Gasteiger partial charge in [0.15, 0.2) is 0 Å². The molecule has 4 nitrogen and oxygen atoms in total. The number of hydrogen-bond acceptors (Lipinski definition) is 3. The molecule has 1 aromatic carbocycles. The molecule has 1 atom stereocenters. The van der Waals surface area contributed by atoms with E-state index in [1.54, 1.807) is 20.2 Å². The molecule has 0 aromatic heterocycles. The second-order valence-corrected chi connectivity index (χ2v) is 4.39. The molecule has 0 aliphatic carbocycles. The summed E-state index contributed by atoms with van der Waals surface area (Å²) in [7, 11) is 3.32. The van der Waals surface area contributed by atoms with Gasteiger partial charge in [0, 0.05) is 20.1 Å². The molecule has 0 saturated carbocycles. The van der Waals surface area contributed by atoms with Crippen molar-refractivity contribution in [1.82, 2.24) is 4.90 Å². The van der Waals surface area contributed by atoms with E-state index in [1.165, 1.54) is 4.90 Å². The normalized spacial score (nSPS) is 12.0. The van der Waals surface area contributed by atoms with Crippen LogP contribution in [0.5, 0.6) is 5.75 Å². The highest BCUT2D eigenvalue weighted by Crippen LogP contribution is 2.20. The molecule has 0 aliphatic heterocycles. The maximum atomic E-state index is 11.5. The third-order valence-corrected chi connectivity index (χ3v) is 2.40. The van der Waals surface area contributed by atoms with Crippen LogP contribution >= 0.6 is 0 Å². The van der Waals surface area contributed by atoms with Crippen LogP contribution in [-0.4, -0.2) is 31.1 Å². The fourth-order valence-corrected chi connectivity index (χ4v) is 1.38. The SMILES string of the molecule is CC(N)CCc1ccccc1OC(=O)N(C)C. The average molecular weight is 236 g/mol. The zero-order valence-electron chi connectivity index (χ0n) is 10.6.